The molecule has 1 rings (SSSR count). The first-order valence-electron chi connectivity index (χ1n) is 4.53. The molecule has 1 aromatic rings. The van der Waals surface area contributed by atoms with Gasteiger partial charge in [0.1, 0.15) is 0 Å². The molecule has 1 atom stereocenters. The Morgan fingerprint density at radius 3 is 3.07 bits per heavy atom. The van der Waals surface area contributed by atoms with Crippen molar-refractivity contribution in [1.82, 2.24) is 0 Å². The van der Waals surface area contributed by atoms with Crippen LogP contribution in [0.1, 0.15) is 11.8 Å². The Morgan fingerprint density at radius 1 is 1.71 bits per heavy atom. The highest BCUT2D eigenvalue weighted by molar-refractivity contribution is 7.09. The largest absolute Gasteiger partial charge is 0.481 e. The predicted octanol–water partition coefficient (Wildman–Crippen LogP) is 2.03. The Kier molecular flexibility index (Phi) is 4.62. The Labute approximate surface area is 87.3 Å². The molecule has 0 aliphatic heterocycles. The van der Waals surface area contributed by atoms with E-state index in [4.69, 9.17) is 9.84 Å². The van der Waals surface area contributed by atoms with Gasteiger partial charge in [0.2, 0.25) is 0 Å². The monoisotopic (exact) mass is 214 g/mol. The fourth-order valence-corrected chi connectivity index (χ4v) is 1.65. The second-order valence-electron chi connectivity index (χ2n) is 3.14. The smallest absolute Gasteiger partial charge is 0.308 e. The Morgan fingerprint density at radius 2 is 2.50 bits per heavy atom. The van der Waals surface area contributed by atoms with E-state index in [1.807, 2.05) is 11.4 Å². The van der Waals surface area contributed by atoms with Gasteiger partial charge in [-0.2, -0.15) is 0 Å². The number of carbonyl (C=O) groups is 1. The lowest BCUT2D eigenvalue weighted by atomic mass is 10.2. The molecule has 0 saturated carbocycles. The summed E-state index contributed by atoms with van der Waals surface area (Å²) < 4.78 is 5.26. The molecule has 0 fully saturated rings. The second-order valence-corrected chi connectivity index (χ2v) is 4.18. The Hall–Kier alpha value is -0.870. The number of hydrogen-bond donors (Lipinski definition) is 1. The maximum absolute atomic E-state index is 10.4. The first-order valence-corrected chi connectivity index (χ1v) is 5.41. The lowest BCUT2D eigenvalue weighted by molar-refractivity contribution is -0.143. The average Bonchev–Trinajstić information content (AvgIpc) is 2.64. The van der Waals surface area contributed by atoms with Gasteiger partial charge in [-0.05, 0) is 18.4 Å². The van der Waals surface area contributed by atoms with Gasteiger partial charge in [-0.15, -0.1) is 11.3 Å². The SMILES string of the molecule is CC(COCCc1cccs1)C(=O)O. The lowest BCUT2D eigenvalue weighted by Gasteiger charge is -2.06. The summed E-state index contributed by atoms with van der Waals surface area (Å²) in [5.74, 6) is -1.22. The van der Waals surface area contributed by atoms with Gasteiger partial charge < -0.3 is 9.84 Å². The van der Waals surface area contributed by atoms with Crippen molar-refractivity contribution in [2.24, 2.45) is 5.92 Å². The van der Waals surface area contributed by atoms with Gasteiger partial charge in [-0.25, -0.2) is 0 Å². The molecule has 4 heteroatoms. The second kappa shape index (κ2) is 5.78. The van der Waals surface area contributed by atoms with E-state index in [0.717, 1.165) is 6.42 Å². The molecule has 1 unspecified atom stereocenters. The molecule has 1 N–H and O–H groups in total. The van der Waals surface area contributed by atoms with Crippen molar-refractivity contribution >= 4 is 17.3 Å². The molecule has 0 aromatic carbocycles. The van der Waals surface area contributed by atoms with Gasteiger partial charge in [0, 0.05) is 11.3 Å². The third-order valence-corrected chi connectivity index (χ3v) is 2.80. The first-order chi connectivity index (χ1) is 6.70. The molecular weight excluding hydrogens is 200 g/mol. The highest BCUT2D eigenvalue weighted by Crippen LogP contribution is 2.09. The van der Waals surface area contributed by atoms with Gasteiger partial charge >= 0.3 is 5.97 Å². The lowest BCUT2D eigenvalue weighted by Crippen LogP contribution is -2.16. The molecule has 0 aliphatic carbocycles. The quantitative estimate of drug-likeness (QED) is 0.737. The van der Waals surface area contributed by atoms with Crippen molar-refractivity contribution in [1.29, 1.82) is 0 Å². The summed E-state index contributed by atoms with van der Waals surface area (Å²) >= 11 is 1.69. The molecule has 0 spiro atoms. The Balaban J connectivity index is 2.08. The maximum Gasteiger partial charge on any atom is 0.308 e. The van der Waals surface area contributed by atoms with Crippen LogP contribution in [-0.2, 0) is 16.0 Å². The van der Waals surface area contributed by atoms with E-state index >= 15 is 0 Å². The molecule has 0 bridgehead atoms. The third kappa shape index (κ3) is 3.89. The topological polar surface area (TPSA) is 46.5 Å². The maximum atomic E-state index is 10.4. The molecule has 1 aromatic heterocycles. The number of ether oxygens (including phenoxy) is 1. The van der Waals surface area contributed by atoms with Gasteiger partial charge in [-0.3, -0.25) is 4.79 Å². The summed E-state index contributed by atoms with van der Waals surface area (Å²) in [6, 6.07) is 4.05. The fraction of sp³-hybridized carbons (Fsp3) is 0.500. The van der Waals surface area contributed by atoms with E-state index in [0.29, 0.717) is 13.2 Å². The van der Waals surface area contributed by atoms with E-state index in [-0.39, 0.29) is 0 Å². The normalized spacial score (nSPS) is 12.6. The van der Waals surface area contributed by atoms with Crippen LogP contribution < -0.4 is 0 Å². The summed E-state index contributed by atoms with van der Waals surface area (Å²) in [6.45, 7) is 2.53. The van der Waals surface area contributed by atoms with E-state index in [1.54, 1.807) is 18.3 Å². The molecule has 78 valence electrons. The molecule has 0 amide bonds. The molecule has 14 heavy (non-hydrogen) atoms. The minimum absolute atomic E-state index is 0.292. The third-order valence-electron chi connectivity index (χ3n) is 1.86. The van der Waals surface area contributed by atoms with Crippen LogP contribution in [0.15, 0.2) is 17.5 Å². The zero-order valence-electron chi connectivity index (χ0n) is 8.10. The van der Waals surface area contributed by atoms with Crippen LogP contribution in [0.5, 0.6) is 0 Å². The molecule has 3 nitrogen and oxygen atoms in total. The summed E-state index contributed by atoms with van der Waals surface area (Å²) in [5.41, 5.74) is 0. The molecular formula is C10H14O3S. The average molecular weight is 214 g/mol. The minimum atomic E-state index is -0.805. The van der Waals surface area contributed by atoms with Crippen molar-refractivity contribution in [2.75, 3.05) is 13.2 Å². The van der Waals surface area contributed by atoms with Crippen LogP contribution in [0, 0.1) is 5.92 Å². The summed E-state index contributed by atoms with van der Waals surface area (Å²) in [5, 5.41) is 10.6. The molecule has 0 aliphatic rings. The highest BCUT2D eigenvalue weighted by atomic mass is 32.1. The number of aliphatic carboxylic acids is 1. The zero-order valence-corrected chi connectivity index (χ0v) is 8.92. The van der Waals surface area contributed by atoms with Crippen molar-refractivity contribution in [3.05, 3.63) is 22.4 Å². The summed E-state index contributed by atoms with van der Waals surface area (Å²) in [4.78, 5) is 11.7. The van der Waals surface area contributed by atoms with Crippen LogP contribution in [0.4, 0.5) is 0 Å². The number of carboxylic acid groups (broad SMARTS) is 1. The zero-order chi connectivity index (χ0) is 10.4. The number of thiophene rings is 1. The van der Waals surface area contributed by atoms with E-state index < -0.39 is 11.9 Å². The number of carboxylic acids is 1. The van der Waals surface area contributed by atoms with E-state index in [2.05, 4.69) is 6.07 Å². The van der Waals surface area contributed by atoms with E-state index in [9.17, 15) is 4.79 Å². The van der Waals surface area contributed by atoms with Crippen LogP contribution in [0.3, 0.4) is 0 Å². The van der Waals surface area contributed by atoms with Crippen LogP contribution in [0.2, 0.25) is 0 Å². The van der Waals surface area contributed by atoms with Crippen LogP contribution >= 0.6 is 11.3 Å². The van der Waals surface area contributed by atoms with Gasteiger partial charge in [-0.1, -0.05) is 6.07 Å². The Bertz CT molecular complexity index is 269. The standard InChI is InChI=1S/C10H14O3S/c1-8(10(11)12)7-13-5-4-9-3-2-6-14-9/h2-3,6,8H,4-5,7H2,1H3,(H,11,12). The van der Waals surface area contributed by atoms with Crippen molar-refractivity contribution in [3.8, 4) is 0 Å². The predicted molar refractivity (Wildman–Crippen MR) is 55.6 cm³/mol. The number of hydrogen-bond acceptors (Lipinski definition) is 3. The fourth-order valence-electron chi connectivity index (χ4n) is 0.959. The minimum Gasteiger partial charge on any atom is -0.481 e. The van der Waals surface area contributed by atoms with Gasteiger partial charge in [0.25, 0.3) is 0 Å². The van der Waals surface area contributed by atoms with Gasteiger partial charge in [0.05, 0.1) is 19.1 Å². The van der Waals surface area contributed by atoms with Crippen LogP contribution in [-0.4, -0.2) is 24.3 Å². The van der Waals surface area contributed by atoms with Gasteiger partial charge in [0.15, 0.2) is 0 Å². The highest BCUT2D eigenvalue weighted by Gasteiger charge is 2.10. The number of rotatable bonds is 6. The molecule has 1 heterocycles. The summed E-state index contributed by atoms with van der Waals surface area (Å²) in [7, 11) is 0. The molecule has 0 saturated heterocycles. The summed E-state index contributed by atoms with van der Waals surface area (Å²) in [6.07, 6.45) is 0.865. The van der Waals surface area contributed by atoms with Crippen molar-refractivity contribution in [3.63, 3.8) is 0 Å². The van der Waals surface area contributed by atoms with Crippen molar-refractivity contribution in [2.45, 2.75) is 13.3 Å². The first kappa shape index (κ1) is 11.2. The molecule has 0 radical (unpaired) electrons. The van der Waals surface area contributed by atoms with Crippen LogP contribution in [0.25, 0.3) is 0 Å². The van der Waals surface area contributed by atoms with Crippen molar-refractivity contribution < 1.29 is 14.6 Å². The van der Waals surface area contributed by atoms with E-state index in [1.165, 1.54) is 4.88 Å².